The number of carbonyl (C=O) groups is 1. The van der Waals surface area contributed by atoms with E-state index in [1.165, 1.54) is 11.1 Å². The van der Waals surface area contributed by atoms with Crippen molar-refractivity contribution in [2.24, 2.45) is 0 Å². The lowest BCUT2D eigenvalue weighted by atomic mass is 9.94. The highest BCUT2D eigenvalue weighted by Gasteiger charge is 2.27. The van der Waals surface area contributed by atoms with E-state index in [0.717, 1.165) is 17.9 Å². The lowest BCUT2D eigenvalue weighted by Gasteiger charge is -2.34. The van der Waals surface area contributed by atoms with Crippen molar-refractivity contribution in [2.45, 2.75) is 32.9 Å². The third kappa shape index (κ3) is 1.64. The number of amides is 1. The van der Waals surface area contributed by atoms with Gasteiger partial charge in [-0.1, -0.05) is 0 Å². The quantitative estimate of drug-likeness (QED) is 0.684. The summed E-state index contributed by atoms with van der Waals surface area (Å²) in [6.07, 6.45) is 0.881. The number of hydrogen-bond acceptors (Lipinski definition) is 3. The van der Waals surface area contributed by atoms with E-state index in [1.54, 1.807) is 6.92 Å². The molecule has 3 rings (SSSR count). The van der Waals surface area contributed by atoms with Crippen molar-refractivity contribution in [3.05, 3.63) is 23.3 Å². The molecule has 2 aliphatic heterocycles. The predicted octanol–water partition coefficient (Wildman–Crippen LogP) is 1.71. The second-order valence-electron chi connectivity index (χ2n) is 4.67. The summed E-state index contributed by atoms with van der Waals surface area (Å²) >= 11 is 0. The van der Waals surface area contributed by atoms with Gasteiger partial charge in [-0.3, -0.25) is 4.79 Å². The van der Waals surface area contributed by atoms with Crippen LogP contribution in [0.25, 0.3) is 0 Å². The monoisotopic (exact) mass is 233 g/mol. The average molecular weight is 233 g/mol. The average Bonchev–Trinajstić information content (AvgIpc) is 2.71. The summed E-state index contributed by atoms with van der Waals surface area (Å²) in [7, 11) is 0. The van der Waals surface area contributed by atoms with Crippen molar-refractivity contribution in [1.29, 1.82) is 0 Å². The molecule has 0 fully saturated rings. The van der Waals surface area contributed by atoms with Gasteiger partial charge in [-0.05, 0) is 36.6 Å². The molecule has 0 bridgehead atoms. The fraction of sp³-hybridized carbons (Fsp3) is 0.462. The summed E-state index contributed by atoms with van der Waals surface area (Å²) in [6, 6.07) is 4.30. The Balaban J connectivity index is 1.99. The second-order valence-corrected chi connectivity index (χ2v) is 4.67. The molecule has 0 saturated heterocycles. The molecule has 2 aliphatic rings. The number of benzene rings is 1. The number of ether oxygens (including phenoxy) is 2. The van der Waals surface area contributed by atoms with Crippen molar-refractivity contribution in [3.63, 3.8) is 0 Å². The largest absolute Gasteiger partial charge is 0.454 e. The molecule has 0 spiro atoms. The summed E-state index contributed by atoms with van der Waals surface area (Å²) in [4.78, 5) is 13.4. The Morgan fingerprint density at radius 3 is 2.59 bits per heavy atom. The summed E-state index contributed by atoms with van der Waals surface area (Å²) in [5.41, 5.74) is 2.43. The van der Waals surface area contributed by atoms with Gasteiger partial charge in [0.15, 0.2) is 11.5 Å². The molecule has 2 heterocycles. The molecule has 1 aromatic rings. The van der Waals surface area contributed by atoms with Crippen LogP contribution in [0.5, 0.6) is 11.5 Å². The molecule has 1 atom stereocenters. The van der Waals surface area contributed by atoms with Crippen LogP contribution in [0, 0.1) is 0 Å². The van der Waals surface area contributed by atoms with E-state index in [0.29, 0.717) is 13.3 Å². The molecular weight excluding hydrogens is 218 g/mol. The maximum Gasteiger partial charge on any atom is 0.231 e. The van der Waals surface area contributed by atoms with Crippen LogP contribution in [-0.4, -0.2) is 23.6 Å². The van der Waals surface area contributed by atoms with Crippen LogP contribution in [0.1, 0.15) is 25.0 Å². The van der Waals surface area contributed by atoms with Crippen molar-refractivity contribution >= 4 is 5.91 Å². The molecule has 4 heteroatoms. The van der Waals surface area contributed by atoms with E-state index >= 15 is 0 Å². The van der Waals surface area contributed by atoms with E-state index in [2.05, 4.69) is 6.92 Å². The highest BCUT2D eigenvalue weighted by molar-refractivity contribution is 5.74. The third-order valence-electron chi connectivity index (χ3n) is 3.49. The van der Waals surface area contributed by atoms with Crippen molar-refractivity contribution < 1.29 is 14.3 Å². The van der Waals surface area contributed by atoms with Crippen LogP contribution in [0.2, 0.25) is 0 Å². The van der Waals surface area contributed by atoms with Gasteiger partial charge in [0.25, 0.3) is 0 Å². The fourth-order valence-electron chi connectivity index (χ4n) is 2.55. The van der Waals surface area contributed by atoms with Crippen molar-refractivity contribution in [3.8, 4) is 11.5 Å². The van der Waals surface area contributed by atoms with Crippen LogP contribution < -0.4 is 9.47 Å². The number of hydrogen-bond donors (Lipinski definition) is 0. The van der Waals surface area contributed by atoms with Gasteiger partial charge in [0.1, 0.15) is 0 Å². The molecule has 1 amide bonds. The van der Waals surface area contributed by atoms with Crippen LogP contribution in [0.4, 0.5) is 0 Å². The predicted molar refractivity (Wildman–Crippen MR) is 62.0 cm³/mol. The highest BCUT2D eigenvalue weighted by Crippen LogP contribution is 2.37. The van der Waals surface area contributed by atoms with Crippen LogP contribution >= 0.6 is 0 Å². The molecule has 0 N–H and O–H groups in total. The van der Waals surface area contributed by atoms with Gasteiger partial charge < -0.3 is 14.4 Å². The zero-order chi connectivity index (χ0) is 12.0. The molecule has 4 nitrogen and oxygen atoms in total. The Kier molecular flexibility index (Phi) is 2.24. The van der Waals surface area contributed by atoms with Crippen LogP contribution in [0.15, 0.2) is 12.1 Å². The number of rotatable bonds is 0. The first kappa shape index (κ1) is 10.4. The Morgan fingerprint density at radius 2 is 1.94 bits per heavy atom. The number of fused-ring (bicyclic) bond motifs is 2. The molecule has 0 aromatic heterocycles. The highest BCUT2D eigenvalue weighted by atomic mass is 16.7. The third-order valence-corrected chi connectivity index (χ3v) is 3.49. The van der Waals surface area contributed by atoms with Crippen molar-refractivity contribution in [1.82, 2.24) is 4.90 Å². The van der Waals surface area contributed by atoms with Crippen molar-refractivity contribution in [2.75, 3.05) is 6.79 Å². The van der Waals surface area contributed by atoms with E-state index in [-0.39, 0.29) is 11.9 Å². The summed E-state index contributed by atoms with van der Waals surface area (Å²) < 4.78 is 10.7. The normalized spacial score (nSPS) is 21.3. The van der Waals surface area contributed by atoms with Gasteiger partial charge in [-0.15, -0.1) is 0 Å². The van der Waals surface area contributed by atoms with E-state index in [9.17, 15) is 4.79 Å². The van der Waals surface area contributed by atoms with Gasteiger partial charge in [-0.2, -0.15) is 0 Å². The zero-order valence-electron chi connectivity index (χ0n) is 10.0. The van der Waals surface area contributed by atoms with E-state index in [1.807, 2.05) is 17.0 Å². The van der Waals surface area contributed by atoms with Crippen LogP contribution in [0.3, 0.4) is 0 Å². The molecule has 17 heavy (non-hydrogen) atoms. The molecular formula is C13H15NO3. The maximum atomic E-state index is 11.5. The Hall–Kier alpha value is -1.71. The number of nitrogens with zero attached hydrogens (tertiary/aromatic N) is 1. The molecule has 0 aliphatic carbocycles. The lowest BCUT2D eigenvalue weighted by Crippen LogP contribution is -2.41. The van der Waals surface area contributed by atoms with E-state index in [4.69, 9.17) is 9.47 Å². The minimum Gasteiger partial charge on any atom is -0.454 e. The Bertz CT molecular complexity index is 484. The second kappa shape index (κ2) is 3.65. The van der Waals surface area contributed by atoms with Gasteiger partial charge in [0, 0.05) is 19.5 Å². The maximum absolute atomic E-state index is 11.5. The first-order valence-corrected chi connectivity index (χ1v) is 5.84. The van der Waals surface area contributed by atoms with E-state index < -0.39 is 0 Å². The first-order chi connectivity index (χ1) is 8.15. The summed E-state index contributed by atoms with van der Waals surface area (Å²) in [5.74, 6) is 1.75. The molecule has 1 aromatic carbocycles. The standard InChI is InChI=1S/C13H15NO3/c1-8-3-10-4-12-13(17-7-16-12)5-11(10)6-14(8)9(2)15/h4-5,8H,3,6-7H2,1-2H3. The SMILES string of the molecule is CC(=O)N1Cc2cc3c(cc2CC1C)OCO3. The topological polar surface area (TPSA) is 38.8 Å². The number of carbonyl (C=O) groups excluding carboxylic acids is 1. The summed E-state index contributed by atoms with van der Waals surface area (Å²) in [6.45, 7) is 4.66. The molecule has 0 saturated carbocycles. The lowest BCUT2D eigenvalue weighted by molar-refractivity contribution is -0.131. The van der Waals surface area contributed by atoms with Crippen LogP contribution in [-0.2, 0) is 17.8 Å². The first-order valence-electron chi connectivity index (χ1n) is 5.84. The van der Waals surface area contributed by atoms with Gasteiger partial charge in [-0.25, -0.2) is 0 Å². The zero-order valence-corrected chi connectivity index (χ0v) is 10.0. The fourth-order valence-corrected chi connectivity index (χ4v) is 2.55. The summed E-state index contributed by atoms with van der Waals surface area (Å²) in [5, 5.41) is 0. The minimum atomic E-state index is 0.126. The van der Waals surface area contributed by atoms with Gasteiger partial charge in [0.2, 0.25) is 12.7 Å². The van der Waals surface area contributed by atoms with Gasteiger partial charge >= 0.3 is 0 Å². The molecule has 1 unspecified atom stereocenters. The van der Waals surface area contributed by atoms with Gasteiger partial charge in [0.05, 0.1) is 0 Å². The Morgan fingerprint density at radius 1 is 1.29 bits per heavy atom. The Labute approximate surface area is 100 Å². The molecule has 0 radical (unpaired) electrons. The minimum absolute atomic E-state index is 0.126. The molecule has 90 valence electrons. The smallest absolute Gasteiger partial charge is 0.231 e.